The first kappa shape index (κ1) is 18.8. The van der Waals surface area contributed by atoms with Gasteiger partial charge < -0.3 is 16.0 Å². The van der Waals surface area contributed by atoms with Gasteiger partial charge in [0.25, 0.3) is 0 Å². The van der Waals surface area contributed by atoms with Crippen LogP contribution in [0.15, 0.2) is 4.99 Å². The van der Waals surface area contributed by atoms with Crippen LogP contribution in [0.1, 0.15) is 33.6 Å². The number of carbonyl (C=O) groups excluding carboxylic acids is 1. The predicted octanol–water partition coefficient (Wildman–Crippen LogP) is 1.10. The van der Waals surface area contributed by atoms with E-state index in [0.717, 1.165) is 25.9 Å². The number of hydrogen-bond acceptors (Lipinski definition) is 2. The second-order valence-corrected chi connectivity index (χ2v) is 3.43. The molecule has 0 rings (SSSR count). The lowest BCUT2D eigenvalue weighted by Crippen LogP contribution is -2.38. The van der Waals surface area contributed by atoms with Gasteiger partial charge in [-0.05, 0) is 20.3 Å². The molecule has 0 atom stereocenters. The van der Waals surface area contributed by atoms with Gasteiger partial charge >= 0.3 is 0 Å². The van der Waals surface area contributed by atoms with Crippen molar-refractivity contribution in [2.45, 2.75) is 33.6 Å². The quantitative estimate of drug-likeness (QED) is 0.277. The van der Waals surface area contributed by atoms with Crippen molar-refractivity contribution in [3.05, 3.63) is 0 Å². The Labute approximate surface area is 121 Å². The Morgan fingerprint density at radius 2 is 1.71 bits per heavy atom. The third-order valence-corrected chi connectivity index (χ3v) is 1.92. The summed E-state index contributed by atoms with van der Waals surface area (Å²) in [5.74, 6) is 0.664. The molecule has 6 heteroatoms. The summed E-state index contributed by atoms with van der Waals surface area (Å²) in [4.78, 5) is 15.4. The average molecular weight is 356 g/mol. The van der Waals surface area contributed by atoms with E-state index < -0.39 is 0 Å². The Morgan fingerprint density at radius 3 is 2.24 bits per heavy atom. The van der Waals surface area contributed by atoms with Crippen molar-refractivity contribution < 1.29 is 4.79 Å². The fourth-order valence-electron chi connectivity index (χ4n) is 1.13. The minimum atomic E-state index is -0.0461. The summed E-state index contributed by atoms with van der Waals surface area (Å²) >= 11 is 0. The zero-order valence-corrected chi connectivity index (χ0v) is 13.3. The number of halogens is 1. The molecule has 0 aliphatic heterocycles. The van der Waals surface area contributed by atoms with Crippen LogP contribution in [0.5, 0.6) is 0 Å². The molecule has 0 unspecified atom stereocenters. The summed E-state index contributed by atoms with van der Waals surface area (Å²) < 4.78 is 0. The molecule has 17 heavy (non-hydrogen) atoms. The minimum Gasteiger partial charge on any atom is -0.357 e. The molecule has 0 aromatic rings. The topological polar surface area (TPSA) is 65.5 Å². The molecule has 102 valence electrons. The fourth-order valence-corrected chi connectivity index (χ4v) is 1.13. The molecule has 0 aliphatic carbocycles. The molecule has 0 radical (unpaired) electrons. The van der Waals surface area contributed by atoms with Crippen LogP contribution in [0.4, 0.5) is 0 Å². The standard InChI is InChI=1S/C11H24N4O.HI/c1-4-7-8-14-11(13-6-3)15-9-10(16)12-5-2;/h4-9H2,1-3H3,(H,12,16)(H2,13,14,15);1H. The van der Waals surface area contributed by atoms with Crippen LogP contribution in [0.2, 0.25) is 0 Å². The van der Waals surface area contributed by atoms with Gasteiger partial charge in [0.15, 0.2) is 5.96 Å². The molecular formula is C11H25IN4O. The van der Waals surface area contributed by atoms with Crippen LogP contribution in [0, 0.1) is 0 Å². The number of carbonyl (C=O) groups is 1. The van der Waals surface area contributed by atoms with Crippen LogP contribution >= 0.6 is 24.0 Å². The monoisotopic (exact) mass is 356 g/mol. The van der Waals surface area contributed by atoms with E-state index in [1.165, 1.54) is 0 Å². The molecule has 0 heterocycles. The van der Waals surface area contributed by atoms with Gasteiger partial charge in [-0.3, -0.25) is 4.79 Å². The Hall–Kier alpha value is -0.530. The summed E-state index contributed by atoms with van der Waals surface area (Å²) in [6, 6.07) is 0. The van der Waals surface area contributed by atoms with E-state index in [2.05, 4.69) is 27.9 Å². The molecule has 1 amide bonds. The molecule has 0 aromatic heterocycles. The Kier molecular flexibility index (Phi) is 15.0. The van der Waals surface area contributed by atoms with E-state index in [1.807, 2.05) is 13.8 Å². The summed E-state index contributed by atoms with van der Waals surface area (Å²) in [5, 5.41) is 8.98. The maximum Gasteiger partial charge on any atom is 0.241 e. The van der Waals surface area contributed by atoms with E-state index in [4.69, 9.17) is 0 Å². The van der Waals surface area contributed by atoms with E-state index in [1.54, 1.807) is 0 Å². The van der Waals surface area contributed by atoms with E-state index in [9.17, 15) is 4.79 Å². The molecule has 3 N–H and O–H groups in total. The average Bonchev–Trinajstić information content (AvgIpc) is 2.26. The highest BCUT2D eigenvalue weighted by Crippen LogP contribution is 1.83. The highest BCUT2D eigenvalue weighted by Gasteiger charge is 1.99. The zero-order valence-electron chi connectivity index (χ0n) is 11.0. The minimum absolute atomic E-state index is 0. The number of hydrogen-bond donors (Lipinski definition) is 3. The number of guanidine groups is 1. The van der Waals surface area contributed by atoms with Crippen LogP contribution in [-0.2, 0) is 4.79 Å². The van der Waals surface area contributed by atoms with Gasteiger partial charge in [0.2, 0.25) is 5.91 Å². The van der Waals surface area contributed by atoms with Crippen molar-refractivity contribution in [2.75, 3.05) is 26.2 Å². The Balaban J connectivity index is 0. The van der Waals surface area contributed by atoms with Crippen LogP contribution in [-0.4, -0.2) is 38.0 Å². The molecule has 5 nitrogen and oxygen atoms in total. The van der Waals surface area contributed by atoms with Crippen LogP contribution < -0.4 is 16.0 Å². The van der Waals surface area contributed by atoms with Gasteiger partial charge in [0, 0.05) is 19.6 Å². The van der Waals surface area contributed by atoms with Gasteiger partial charge in [0.05, 0.1) is 0 Å². The summed E-state index contributed by atoms with van der Waals surface area (Å²) in [6.07, 6.45) is 2.24. The van der Waals surface area contributed by atoms with Gasteiger partial charge in [-0.25, -0.2) is 4.99 Å². The maximum absolute atomic E-state index is 11.2. The normalized spacial score (nSPS) is 10.4. The van der Waals surface area contributed by atoms with Crippen LogP contribution in [0.25, 0.3) is 0 Å². The van der Waals surface area contributed by atoms with Crippen molar-refractivity contribution in [3.8, 4) is 0 Å². The molecule has 0 aliphatic rings. The number of rotatable bonds is 7. The lowest BCUT2D eigenvalue weighted by molar-refractivity contribution is -0.119. The molecular weight excluding hydrogens is 331 g/mol. The fraction of sp³-hybridized carbons (Fsp3) is 0.818. The van der Waals surface area contributed by atoms with Crippen LogP contribution in [0.3, 0.4) is 0 Å². The third-order valence-electron chi connectivity index (χ3n) is 1.92. The van der Waals surface area contributed by atoms with Crippen molar-refractivity contribution in [3.63, 3.8) is 0 Å². The number of aliphatic imine (C=N–C) groups is 1. The largest absolute Gasteiger partial charge is 0.357 e. The molecule has 0 aromatic carbocycles. The van der Waals surface area contributed by atoms with Crippen molar-refractivity contribution in [1.82, 2.24) is 16.0 Å². The number of amides is 1. The Morgan fingerprint density at radius 1 is 1.06 bits per heavy atom. The molecule has 0 saturated heterocycles. The van der Waals surface area contributed by atoms with E-state index in [0.29, 0.717) is 12.5 Å². The van der Waals surface area contributed by atoms with Gasteiger partial charge in [-0.2, -0.15) is 0 Å². The van der Waals surface area contributed by atoms with Gasteiger partial charge in [-0.1, -0.05) is 13.3 Å². The zero-order chi connectivity index (χ0) is 12.2. The third kappa shape index (κ3) is 11.7. The lowest BCUT2D eigenvalue weighted by atomic mass is 10.3. The SMILES string of the molecule is CCCCNC(=NCC(=O)NCC)NCC.I. The molecule has 0 fully saturated rings. The molecule has 0 spiro atoms. The van der Waals surface area contributed by atoms with Crippen molar-refractivity contribution >= 4 is 35.8 Å². The van der Waals surface area contributed by atoms with E-state index in [-0.39, 0.29) is 36.4 Å². The smallest absolute Gasteiger partial charge is 0.241 e. The van der Waals surface area contributed by atoms with Gasteiger partial charge in [-0.15, -0.1) is 24.0 Å². The number of nitrogens with zero attached hydrogens (tertiary/aromatic N) is 1. The first-order valence-corrected chi connectivity index (χ1v) is 6.03. The highest BCUT2D eigenvalue weighted by molar-refractivity contribution is 14.0. The predicted molar refractivity (Wildman–Crippen MR) is 83.0 cm³/mol. The summed E-state index contributed by atoms with van der Waals surface area (Å²) in [5.41, 5.74) is 0. The number of likely N-dealkylation sites (N-methyl/N-ethyl adjacent to an activating group) is 1. The first-order valence-electron chi connectivity index (χ1n) is 6.03. The summed E-state index contributed by atoms with van der Waals surface area (Å²) in [7, 11) is 0. The first-order chi connectivity index (χ1) is 7.74. The van der Waals surface area contributed by atoms with Crippen molar-refractivity contribution in [2.24, 2.45) is 4.99 Å². The molecule has 0 saturated carbocycles. The summed E-state index contributed by atoms with van der Waals surface area (Å²) in [6.45, 7) is 8.55. The lowest BCUT2D eigenvalue weighted by Gasteiger charge is -2.10. The molecule has 0 bridgehead atoms. The second-order valence-electron chi connectivity index (χ2n) is 3.43. The van der Waals surface area contributed by atoms with Crippen molar-refractivity contribution in [1.29, 1.82) is 0 Å². The van der Waals surface area contributed by atoms with E-state index >= 15 is 0 Å². The maximum atomic E-state index is 11.2. The number of unbranched alkanes of at least 4 members (excludes halogenated alkanes) is 1. The highest BCUT2D eigenvalue weighted by atomic mass is 127. The van der Waals surface area contributed by atoms with Gasteiger partial charge in [0.1, 0.15) is 6.54 Å². The second kappa shape index (κ2) is 13.5. The Bertz CT molecular complexity index is 222. The number of nitrogens with one attached hydrogen (secondary N) is 3.